The smallest absolute Gasteiger partial charge is 0.227 e. The van der Waals surface area contributed by atoms with E-state index in [4.69, 9.17) is 5.11 Å². The number of hydrogen-bond donors (Lipinski definition) is 1. The molecule has 1 aromatic heterocycles. The van der Waals surface area contributed by atoms with Crippen LogP contribution in [0.4, 0.5) is 0 Å². The van der Waals surface area contributed by atoms with Crippen LogP contribution in [0.5, 0.6) is 0 Å². The van der Waals surface area contributed by atoms with E-state index in [1.54, 1.807) is 16.2 Å². The third-order valence-corrected chi connectivity index (χ3v) is 3.90. The molecule has 21 heavy (non-hydrogen) atoms. The van der Waals surface area contributed by atoms with Crippen molar-refractivity contribution in [2.75, 3.05) is 13.7 Å². The second-order valence-corrected chi connectivity index (χ2v) is 5.67. The summed E-state index contributed by atoms with van der Waals surface area (Å²) in [5.41, 5.74) is 1.91. The monoisotopic (exact) mass is 299 g/mol. The van der Waals surface area contributed by atoms with E-state index in [-0.39, 0.29) is 12.5 Å². The number of hydrogen-bond acceptors (Lipinski definition) is 3. The number of benzene rings is 1. The Bertz CT molecular complexity index is 652. The summed E-state index contributed by atoms with van der Waals surface area (Å²) in [4.78, 5) is 15.0. The molecular formula is C17H17NO2S. The third-order valence-electron chi connectivity index (χ3n) is 2.98. The van der Waals surface area contributed by atoms with Crippen molar-refractivity contribution in [2.24, 2.45) is 0 Å². The van der Waals surface area contributed by atoms with Gasteiger partial charge < -0.3 is 10.0 Å². The summed E-state index contributed by atoms with van der Waals surface area (Å²) in [6.45, 7) is 0.442. The Morgan fingerprint density at radius 3 is 2.81 bits per heavy atom. The van der Waals surface area contributed by atoms with Gasteiger partial charge >= 0.3 is 0 Å². The maximum atomic E-state index is 12.2. The van der Waals surface area contributed by atoms with Gasteiger partial charge in [0.1, 0.15) is 6.61 Å². The lowest BCUT2D eigenvalue weighted by atomic mass is 10.1. The third kappa shape index (κ3) is 4.75. The molecule has 0 saturated heterocycles. The fourth-order valence-electron chi connectivity index (χ4n) is 1.90. The van der Waals surface area contributed by atoms with E-state index < -0.39 is 0 Å². The number of aliphatic hydroxyl groups excluding tert-OH is 1. The molecule has 0 atom stereocenters. The Balaban J connectivity index is 1.93. The standard InChI is InChI=1S/C17H17NO2S/c1-18(17(20)11-14-6-3-2-4-7-14)12-16-10-15(13-21-16)8-5-9-19/h2-4,6-7,10,13,19H,9,11-12H2,1H3. The Morgan fingerprint density at radius 1 is 1.33 bits per heavy atom. The van der Waals surface area contributed by atoms with Crippen LogP contribution >= 0.6 is 11.3 Å². The Labute approximate surface area is 128 Å². The Kier molecular flexibility index (Phi) is 5.56. The molecule has 2 rings (SSSR count). The van der Waals surface area contributed by atoms with Crippen molar-refractivity contribution in [2.45, 2.75) is 13.0 Å². The molecule has 0 unspecified atom stereocenters. The van der Waals surface area contributed by atoms with Crippen LogP contribution < -0.4 is 0 Å². The summed E-state index contributed by atoms with van der Waals surface area (Å²) in [5, 5.41) is 10.6. The highest BCUT2D eigenvalue weighted by molar-refractivity contribution is 7.10. The molecule has 3 nitrogen and oxygen atoms in total. The number of aliphatic hydroxyl groups is 1. The van der Waals surface area contributed by atoms with Crippen molar-refractivity contribution < 1.29 is 9.90 Å². The normalized spacial score (nSPS) is 9.81. The summed E-state index contributed by atoms with van der Waals surface area (Å²) >= 11 is 1.57. The van der Waals surface area contributed by atoms with Crippen LogP contribution in [0.1, 0.15) is 16.0 Å². The van der Waals surface area contributed by atoms with E-state index in [0.717, 1.165) is 16.0 Å². The van der Waals surface area contributed by atoms with Crippen LogP contribution in [0.15, 0.2) is 41.8 Å². The van der Waals surface area contributed by atoms with Gasteiger partial charge in [-0.15, -0.1) is 11.3 Å². The zero-order valence-corrected chi connectivity index (χ0v) is 12.7. The van der Waals surface area contributed by atoms with Crippen molar-refractivity contribution in [1.29, 1.82) is 0 Å². The molecule has 1 amide bonds. The van der Waals surface area contributed by atoms with Crippen LogP contribution in [-0.4, -0.2) is 29.6 Å². The topological polar surface area (TPSA) is 40.5 Å². The van der Waals surface area contributed by atoms with Crippen molar-refractivity contribution in [3.05, 3.63) is 57.8 Å². The van der Waals surface area contributed by atoms with Gasteiger partial charge in [0.2, 0.25) is 5.91 Å². The lowest BCUT2D eigenvalue weighted by molar-refractivity contribution is -0.129. The van der Waals surface area contributed by atoms with Gasteiger partial charge in [-0.2, -0.15) is 0 Å². The highest BCUT2D eigenvalue weighted by Gasteiger charge is 2.11. The van der Waals surface area contributed by atoms with Gasteiger partial charge in [-0.3, -0.25) is 4.79 Å². The number of carbonyl (C=O) groups excluding carboxylic acids is 1. The second-order valence-electron chi connectivity index (χ2n) is 4.67. The molecule has 0 bridgehead atoms. The van der Waals surface area contributed by atoms with E-state index in [2.05, 4.69) is 11.8 Å². The van der Waals surface area contributed by atoms with Crippen LogP contribution in [0.25, 0.3) is 0 Å². The molecule has 0 aliphatic rings. The molecule has 1 N–H and O–H groups in total. The molecule has 0 spiro atoms. The second kappa shape index (κ2) is 7.63. The molecule has 108 valence electrons. The predicted molar refractivity (Wildman–Crippen MR) is 84.9 cm³/mol. The van der Waals surface area contributed by atoms with E-state index >= 15 is 0 Å². The fraction of sp³-hybridized carbons (Fsp3) is 0.235. The maximum absolute atomic E-state index is 12.2. The van der Waals surface area contributed by atoms with Crippen molar-refractivity contribution in [1.82, 2.24) is 4.90 Å². The molecule has 0 aliphatic heterocycles. The summed E-state index contributed by atoms with van der Waals surface area (Å²) in [5.74, 6) is 5.58. The first kappa shape index (κ1) is 15.3. The minimum atomic E-state index is -0.138. The molecular weight excluding hydrogens is 282 g/mol. The molecule has 0 fully saturated rings. The lowest BCUT2D eigenvalue weighted by Gasteiger charge is -2.16. The SMILES string of the molecule is CN(Cc1cc(C#CCO)cs1)C(=O)Cc1ccccc1. The van der Waals surface area contributed by atoms with Crippen LogP contribution in [-0.2, 0) is 17.8 Å². The number of nitrogens with zero attached hydrogens (tertiary/aromatic N) is 1. The highest BCUT2D eigenvalue weighted by atomic mass is 32.1. The minimum absolute atomic E-state index is 0.0950. The zero-order chi connectivity index (χ0) is 15.1. The van der Waals surface area contributed by atoms with Gasteiger partial charge in [0.05, 0.1) is 13.0 Å². The predicted octanol–water partition coefficient (Wildman–Crippen LogP) is 2.29. The summed E-state index contributed by atoms with van der Waals surface area (Å²) in [6, 6.07) is 11.7. The summed E-state index contributed by atoms with van der Waals surface area (Å²) in [6.07, 6.45) is 0.417. The molecule has 1 heterocycles. The van der Waals surface area contributed by atoms with E-state index in [1.807, 2.05) is 48.8 Å². The first-order chi connectivity index (χ1) is 10.2. The number of thiophene rings is 1. The summed E-state index contributed by atoms with van der Waals surface area (Å²) in [7, 11) is 1.81. The number of carbonyl (C=O) groups is 1. The average molecular weight is 299 g/mol. The minimum Gasteiger partial charge on any atom is -0.384 e. The van der Waals surface area contributed by atoms with Crippen molar-refractivity contribution >= 4 is 17.2 Å². The molecule has 0 radical (unpaired) electrons. The molecule has 4 heteroatoms. The lowest BCUT2D eigenvalue weighted by Crippen LogP contribution is -2.27. The number of amides is 1. The Morgan fingerprint density at radius 2 is 2.10 bits per heavy atom. The number of likely N-dealkylation sites (N-methyl/N-ethyl adjacent to an activating group) is 1. The van der Waals surface area contributed by atoms with Gasteiger partial charge in [-0.1, -0.05) is 42.2 Å². The van der Waals surface area contributed by atoms with E-state index in [1.165, 1.54) is 0 Å². The number of rotatable bonds is 4. The highest BCUT2D eigenvalue weighted by Crippen LogP contribution is 2.16. The van der Waals surface area contributed by atoms with Gasteiger partial charge in [0.15, 0.2) is 0 Å². The van der Waals surface area contributed by atoms with Gasteiger partial charge in [0, 0.05) is 22.9 Å². The fourth-order valence-corrected chi connectivity index (χ4v) is 2.77. The van der Waals surface area contributed by atoms with Crippen LogP contribution in [0.3, 0.4) is 0 Å². The molecule has 0 saturated carbocycles. The van der Waals surface area contributed by atoms with Gasteiger partial charge in [0.25, 0.3) is 0 Å². The van der Waals surface area contributed by atoms with Crippen molar-refractivity contribution in [3.63, 3.8) is 0 Å². The van der Waals surface area contributed by atoms with Crippen molar-refractivity contribution in [3.8, 4) is 11.8 Å². The quantitative estimate of drug-likeness (QED) is 0.880. The molecule has 1 aromatic carbocycles. The summed E-state index contributed by atoms with van der Waals surface area (Å²) < 4.78 is 0. The van der Waals surface area contributed by atoms with Gasteiger partial charge in [-0.05, 0) is 11.6 Å². The largest absolute Gasteiger partial charge is 0.384 e. The van der Waals surface area contributed by atoms with Crippen LogP contribution in [0.2, 0.25) is 0 Å². The maximum Gasteiger partial charge on any atom is 0.227 e. The first-order valence-electron chi connectivity index (χ1n) is 6.64. The Hall–Kier alpha value is -2.09. The van der Waals surface area contributed by atoms with Gasteiger partial charge in [-0.25, -0.2) is 0 Å². The van der Waals surface area contributed by atoms with E-state index in [0.29, 0.717) is 13.0 Å². The average Bonchev–Trinajstić information content (AvgIpc) is 2.93. The first-order valence-corrected chi connectivity index (χ1v) is 7.52. The zero-order valence-electron chi connectivity index (χ0n) is 11.9. The molecule has 0 aliphatic carbocycles. The molecule has 2 aromatic rings. The van der Waals surface area contributed by atoms with E-state index in [9.17, 15) is 4.79 Å². The van der Waals surface area contributed by atoms with Crippen LogP contribution in [0, 0.1) is 11.8 Å².